The number of methoxy groups -OCH3 is 1. The number of hydrogen-bond donors (Lipinski definition) is 2. The van der Waals surface area contributed by atoms with Gasteiger partial charge in [0.25, 0.3) is 15.9 Å². The molecule has 0 heterocycles. The fourth-order valence-electron chi connectivity index (χ4n) is 2.61. The lowest BCUT2D eigenvalue weighted by molar-refractivity contribution is -0.123. The van der Waals surface area contributed by atoms with E-state index in [4.69, 9.17) is 9.47 Å². The van der Waals surface area contributed by atoms with Crippen molar-refractivity contribution in [1.29, 1.82) is 0 Å². The fourth-order valence-corrected chi connectivity index (χ4v) is 3.74. The number of ether oxygens (including phenoxy) is 2. The Bertz CT molecular complexity index is 958. The largest absolute Gasteiger partial charge is 0.484 e. The van der Waals surface area contributed by atoms with E-state index in [1.54, 1.807) is 32.2 Å². The predicted molar refractivity (Wildman–Crippen MR) is 113 cm³/mol. The summed E-state index contributed by atoms with van der Waals surface area (Å²) in [7, 11) is -2.12. The molecule has 2 rings (SSSR count). The van der Waals surface area contributed by atoms with Crippen molar-refractivity contribution in [3.8, 4) is 5.75 Å². The number of nitrogens with one attached hydrogen (secondary N) is 2. The van der Waals surface area contributed by atoms with Crippen LogP contribution < -0.4 is 14.8 Å². The molecule has 0 fully saturated rings. The van der Waals surface area contributed by atoms with E-state index in [0.29, 0.717) is 30.2 Å². The van der Waals surface area contributed by atoms with Crippen LogP contribution in [0.25, 0.3) is 0 Å². The SMILES string of the molecule is COCCCNC(=O)COc1ccc(S(=O)(=O)Nc2ccc(C)c(C)c2)cc1C. The summed E-state index contributed by atoms with van der Waals surface area (Å²) in [6.07, 6.45) is 0.724. The molecule has 0 spiro atoms. The van der Waals surface area contributed by atoms with Crippen LogP contribution in [0.15, 0.2) is 41.3 Å². The topological polar surface area (TPSA) is 93.7 Å². The molecule has 8 heteroatoms. The number of amides is 1. The van der Waals surface area contributed by atoms with Crippen molar-refractivity contribution in [3.05, 3.63) is 53.1 Å². The first kappa shape index (κ1) is 22.7. The number of carbonyl (C=O) groups is 1. The highest BCUT2D eigenvalue weighted by Crippen LogP contribution is 2.24. The molecule has 0 unspecified atom stereocenters. The second-order valence-corrected chi connectivity index (χ2v) is 8.50. The summed E-state index contributed by atoms with van der Waals surface area (Å²) in [5.41, 5.74) is 3.23. The molecule has 2 N–H and O–H groups in total. The van der Waals surface area contributed by atoms with E-state index in [1.165, 1.54) is 12.1 Å². The minimum Gasteiger partial charge on any atom is -0.484 e. The smallest absolute Gasteiger partial charge is 0.261 e. The first-order valence-corrected chi connectivity index (χ1v) is 10.8. The van der Waals surface area contributed by atoms with Crippen LogP contribution in [-0.4, -0.2) is 41.2 Å². The molecule has 2 aromatic rings. The maximum Gasteiger partial charge on any atom is 0.261 e. The highest BCUT2D eigenvalue weighted by atomic mass is 32.2. The molecule has 0 bridgehead atoms. The van der Waals surface area contributed by atoms with Crippen LogP contribution in [0.5, 0.6) is 5.75 Å². The summed E-state index contributed by atoms with van der Waals surface area (Å²) in [6.45, 7) is 6.58. The second kappa shape index (κ2) is 10.3. The lowest BCUT2D eigenvalue weighted by atomic mass is 10.1. The minimum atomic E-state index is -3.73. The summed E-state index contributed by atoms with van der Waals surface area (Å²) in [5, 5.41) is 2.73. The number of sulfonamides is 1. The van der Waals surface area contributed by atoms with Gasteiger partial charge in [-0.25, -0.2) is 8.42 Å². The average molecular weight is 421 g/mol. The van der Waals surface area contributed by atoms with Crippen molar-refractivity contribution >= 4 is 21.6 Å². The van der Waals surface area contributed by atoms with Crippen molar-refractivity contribution in [3.63, 3.8) is 0 Å². The van der Waals surface area contributed by atoms with Crippen LogP contribution in [0, 0.1) is 20.8 Å². The van der Waals surface area contributed by atoms with E-state index in [9.17, 15) is 13.2 Å². The molecule has 1 amide bonds. The molecule has 0 aliphatic rings. The lowest BCUT2D eigenvalue weighted by Gasteiger charge is -2.13. The molecule has 0 saturated carbocycles. The zero-order valence-corrected chi connectivity index (χ0v) is 18.1. The van der Waals surface area contributed by atoms with Gasteiger partial charge in [0.2, 0.25) is 0 Å². The van der Waals surface area contributed by atoms with Gasteiger partial charge in [0, 0.05) is 25.9 Å². The summed E-state index contributed by atoms with van der Waals surface area (Å²) in [5.74, 6) is 0.218. The molecular formula is C21H28N2O5S. The van der Waals surface area contributed by atoms with E-state index in [-0.39, 0.29) is 17.4 Å². The van der Waals surface area contributed by atoms with Gasteiger partial charge in [0.05, 0.1) is 4.90 Å². The molecule has 0 aromatic heterocycles. The third kappa shape index (κ3) is 6.76. The Morgan fingerprint density at radius 2 is 1.76 bits per heavy atom. The molecule has 0 saturated heterocycles. The molecule has 0 atom stereocenters. The molecule has 0 aliphatic heterocycles. The van der Waals surface area contributed by atoms with Crippen LogP contribution in [0.4, 0.5) is 5.69 Å². The van der Waals surface area contributed by atoms with Gasteiger partial charge >= 0.3 is 0 Å². The average Bonchev–Trinajstić information content (AvgIpc) is 2.67. The van der Waals surface area contributed by atoms with Gasteiger partial charge < -0.3 is 14.8 Å². The highest BCUT2D eigenvalue weighted by molar-refractivity contribution is 7.92. The number of benzene rings is 2. The monoisotopic (exact) mass is 420 g/mol. The van der Waals surface area contributed by atoms with Crippen molar-refractivity contribution in [2.75, 3.05) is 31.6 Å². The van der Waals surface area contributed by atoms with Crippen molar-refractivity contribution in [2.24, 2.45) is 0 Å². The second-order valence-electron chi connectivity index (χ2n) is 6.82. The third-order valence-electron chi connectivity index (χ3n) is 4.42. The molecule has 0 radical (unpaired) electrons. The van der Waals surface area contributed by atoms with E-state index < -0.39 is 10.0 Å². The Hall–Kier alpha value is -2.58. The number of anilines is 1. The van der Waals surface area contributed by atoms with Gasteiger partial charge in [-0.15, -0.1) is 0 Å². The van der Waals surface area contributed by atoms with Crippen molar-refractivity contribution < 1.29 is 22.7 Å². The fraction of sp³-hybridized carbons (Fsp3) is 0.381. The number of aryl methyl sites for hydroxylation is 3. The van der Waals surface area contributed by atoms with Gasteiger partial charge in [0.15, 0.2) is 6.61 Å². The number of rotatable bonds is 10. The summed E-state index contributed by atoms with van der Waals surface area (Å²) in [4.78, 5) is 11.9. The zero-order chi connectivity index (χ0) is 21.4. The van der Waals surface area contributed by atoms with E-state index in [0.717, 1.165) is 17.5 Å². The summed E-state index contributed by atoms with van der Waals surface area (Å²) in [6, 6.07) is 9.94. The maximum atomic E-state index is 12.7. The summed E-state index contributed by atoms with van der Waals surface area (Å²) < 4.78 is 38.4. The van der Waals surface area contributed by atoms with Gasteiger partial charge in [0.1, 0.15) is 5.75 Å². The number of hydrogen-bond acceptors (Lipinski definition) is 5. The Morgan fingerprint density at radius 1 is 1.00 bits per heavy atom. The molecule has 158 valence electrons. The molecule has 7 nitrogen and oxygen atoms in total. The predicted octanol–water partition coefficient (Wildman–Crippen LogP) is 2.94. The van der Waals surface area contributed by atoms with E-state index in [2.05, 4.69) is 10.0 Å². The van der Waals surface area contributed by atoms with Gasteiger partial charge in [-0.3, -0.25) is 9.52 Å². The Labute approximate surface area is 172 Å². The highest BCUT2D eigenvalue weighted by Gasteiger charge is 2.16. The first-order valence-electron chi connectivity index (χ1n) is 9.32. The van der Waals surface area contributed by atoms with Gasteiger partial charge in [-0.1, -0.05) is 6.07 Å². The van der Waals surface area contributed by atoms with Gasteiger partial charge in [-0.2, -0.15) is 0 Å². The van der Waals surface area contributed by atoms with Crippen molar-refractivity contribution in [2.45, 2.75) is 32.1 Å². The summed E-state index contributed by atoms with van der Waals surface area (Å²) >= 11 is 0. The van der Waals surface area contributed by atoms with Crippen LogP contribution in [0.2, 0.25) is 0 Å². The van der Waals surface area contributed by atoms with Crippen LogP contribution in [0.1, 0.15) is 23.1 Å². The maximum absolute atomic E-state index is 12.7. The van der Waals surface area contributed by atoms with Crippen LogP contribution >= 0.6 is 0 Å². The van der Waals surface area contributed by atoms with Crippen LogP contribution in [-0.2, 0) is 19.6 Å². The normalized spacial score (nSPS) is 11.2. The molecule has 29 heavy (non-hydrogen) atoms. The molecular weight excluding hydrogens is 392 g/mol. The quantitative estimate of drug-likeness (QED) is 0.577. The third-order valence-corrected chi connectivity index (χ3v) is 5.80. The van der Waals surface area contributed by atoms with Gasteiger partial charge in [-0.05, 0) is 74.2 Å². The van der Waals surface area contributed by atoms with Crippen LogP contribution in [0.3, 0.4) is 0 Å². The lowest BCUT2D eigenvalue weighted by Crippen LogP contribution is -2.30. The van der Waals surface area contributed by atoms with Crippen molar-refractivity contribution in [1.82, 2.24) is 5.32 Å². The Balaban J connectivity index is 2.00. The van der Waals surface area contributed by atoms with E-state index >= 15 is 0 Å². The van der Waals surface area contributed by atoms with E-state index in [1.807, 2.05) is 19.9 Å². The zero-order valence-electron chi connectivity index (χ0n) is 17.2. The first-order chi connectivity index (χ1) is 13.7. The Kier molecular flexibility index (Phi) is 8.04. The standard InChI is InChI=1S/C21H28N2O5S/c1-15-6-7-18(12-16(15)2)23-29(25,26)19-8-9-20(17(3)13-19)28-14-21(24)22-10-5-11-27-4/h6-9,12-13,23H,5,10-11,14H2,1-4H3,(H,22,24). The number of carbonyl (C=O) groups excluding carboxylic acids is 1. The molecule has 0 aliphatic carbocycles. The minimum absolute atomic E-state index is 0.129. The molecule has 2 aromatic carbocycles. The Morgan fingerprint density at radius 3 is 2.41 bits per heavy atom.